The minimum Gasteiger partial charge on any atom is -0.350 e. The third-order valence-electron chi connectivity index (χ3n) is 3.40. The summed E-state index contributed by atoms with van der Waals surface area (Å²) in [5, 5.41) is 3.02. The Balaban J connectivity index is 1.75. The summed E-state index contributed by atoms with van der Waals surface area (Å²) >= 11 is 3.41. The van der Waals surface area contributed by atoms with Crippen LogP contribution in [0.3, 0.4) is 0 Å². The molecule has 114 valence electrons. The van der Waals surface area contributed by atoms with E-state index >= 15 is 0 Å². The molecule has 0 saturated carbocycles. The lowest BCUT2D eigenvalue weighted by Gasteiger charge is -2.13. The Morgan fingerprint density at radius 3 is 2.50 bits per heavy atom. The Bertz CT molecular complexity index is 620. The standard InChI is InChI=1S/C19H20BrNO/c1-15(17-8-3-2-4-9-17)21-19(22)10-6-5-7-16-11-13-18(20)14-12-16/h2-5,7-9,11-15H,6,10H2,1H3,(H,21,22)/b7-5-. The number of halogens is 1. The van der Waals surface area contributed by atoms with Gasteiger partial charge in [0, 0.05) is 10.9 Å². The van der Waals surface area contributed by atoms with E-state index < -0.39 is 0 Å². The first kappa shape index (κ1) is 16.5. The monoisotopic (exact) mass is 357 g/mol. The molecule has 0 bridgehead atoms. The van der Waals surface area contributed by atoms with Gasteiger partial charge in [-0.25, -0.2) is 0 Å². The minimum atomic E-state index is 0.0455. The van der Waals surface area contributed by atoms with Crippen LogP contribution in [-0.4, -0.2) is 5.91 Å². The lowest BCUT2D eigenvalue weighted by Crippen LogP contribution is -2.26. The highest BCUT2D eigenvalue weighted by Gasteiger charge is 2.07. The smallest absolute Gasteiger partial charge is 0.220 e. The van der Waals surface area contributed by atoms with Crippen LogP contribution in [0.25, 0.3) is 6.08 Å². The summed E-state index contributed by atoms with van der Waals surface area (Å²) in [4.78, 5) is 11.9. The second-order valence-electron chi connectivity index (χ2n) is 5.19. The molecule has 0 saturated heterocycles. The van der Waals surface area contributed by atoms with E-state index in [-0.39, 0.29) is 11.9 Å². The fourth-order valence-electron chi connectivity index (χ4n) is 2.15. The molecule has 1 unspecified atom stereocenters. The van der Waals surface area contributed by atoms with E-state index in [1.807, 2.05) is 73.7 Å². The summed E-state index contributed by atoms with van der Waals surface area (Å²) in [5.41, 5.74) is 2.27. The van der Waals surface area contributed by atoms with Gasteiger partial charge >= 0.3 is 0 Å². The Hall–Kier alpha value is -1.87. The fraction of sp³-hybridized carbons (Fsp3) is 0.211. The Kier molecular flexibility index (Phi) is 6.41. The van der Waals surface area contributed by atoms with Crippen LogP contribution in [0.1, 0.15) is 36.9 Å². The van der Waals surface area contributed by atoms with Crippen LogP contribution >= 0.6 is 15.9 Å². The van der Waals surface area contributed by atoms with Crippen molar-refractivity contribution in [3.63, 3.8) is 0 Å². The molecule has 3 heteroatoms. The van der Waals surface area contributed by atoms with Gasteiger partial charge in [0.15, 0.2) is 0 Å². The zero-order valence-corrected chi connectivity index (χ0v) is 14.2. The van der Waals surface area contributed by atoms with Gasteiger partial charge in [0.1, 0.15) is 0 Å². The maximum absolute atomic E-state index is 11.9. The SMILES string of the molecule is CC(NC(=O)CC/C=C\c1ccc(Br)cc1)c1ccccc1. The molecule has 0 aliphatic carbocycles. The third kappa shape index (κ3) is 5.49. The predicted molar refractivity (Wildman–Crippen MR) is 95.4 cm³/mol. The van der Waals surface area contributed by atoms with E-state index in [1.54, 1.807) is 0 Å². The number of hydrogen-bond donors (Lipinski definition) is 1. The predicted octanol–water partition coefficient (Wildman–Crippen LogP) is 5.12. The van der Waals surface area contributed by atoms with E-state index in [0.29, 0.717) is 6.42 Å². The molecule has 1 atom stereocenters. The Morgan fingerprint density at radius 1 is 1.14 bits per heavy atom. The van der Waals surface area contributed by atoms with Gasteiger partial charge in [-0.1, -0.05) is 70.5 Å². The quantitative estimate of drug-likeness (QED) is 0.763. The minimum absolute atomic E-state index is 0.0455. The van der Waals surface area contributed by atoms with Crippen molar-refractivity contribution in [2.75, 3.05) is 0 Å². The molecule has 0 radical (unpaired) electrons. The number of carbonyl (C=O) groups is 1. The number of carbonyl (C=O) groups excluding carboxylic acids is 1. The second-order valence-corrected chi connectivity index (χ2v) is 6.11. The number of allylic oxidation sites excluding steroid dienone is 1. The number of benzene rings is 2. The summed E-state index contributed by atoms with van der Waals surface area (Å²) in [6.07, 6.45) is 5.32. The molecule has 0 spiro atoms. The molecular formula is C19H20BrNO. The van der Waals surface area contributed by atoms with Crippen molar-refractivity contribution in [2.24, 2.45) is 0 Å². The van der Waals surface area contributed by atoms with Crippen molar-refractivity contribution in [1.82, 2.24) is 5.32 Å². The van der Waals surface area contributed by atoms with Gasteiger partial charge in [0.25, 0.3) is 0 Å². The van der Waals surface area contributed by atoms with Gasteiger partial charge in [0.05, 0.1) is 6.04 Å². The van der Waals surface area contributed by atoms with Crippen molar-refractivity contribution >= 4 is 27.9 Å². The average molecular weight is 358 g/mol. The summed E-state index contributed by atoms with van der Waals surface area (Å²) in [7, 11) is 0. The van der Waals surface area contributed by atoms with Crippen LogP contribution in [0.2, 0.25) is 0 Å². The lowest BCUT2D eigenvalue weighted by atomic mass is 10.1. The molecule has 2 rings (SSSR count). The molecule has 0 aromatic heterocycles. The number of hydrogen-bond acceptors (Lipinski definition) is 1. The van der Waals surface area contributed by atoms with E-state index in [9.17, 15) is 4.79 Å². The summed E-state index contributed by atoms with van der Waals surface area (Å²) in [5.74, 6) is 0.0804. The highest BCUT2D eigenvalue weighted by atomic mass is 79.9. The van der Waals surface area contributed by atoms with Crippen LogP contribution in [0.4, 0.5) is 0 Å². The van der Waals surface area contributed by atoms with Crippen LogP contribution in [0, 0.1) is 0 Å². The molecule has 1 amide bonds. The molecule has 2 aromatic carbocycles. The number of nitrogens with one attached hydrogen (secondary N) is 1. The highest BCUT2D eigenvalue weighted by molar-refractivity contribution is 9.10. The van der Waals surface area contributed by atoms with Crippen molar-refractivity contribution in [3.8, 4) is 0 Å². The highest BCUT2D eigenvalue weighted by Crippen LogP contribution is 2.13. The molecular weight excluding hydrogens is 338 g/mol. The van der Waals surface area contributed by atoms with Crippen LogP contribution in [0.15, 0.2) is 65.1 Å². The zero-order valence-electron chi connectivity index (χ0n) is 12.6. The van der Waals surface area contributed by atoms with Gasteiger partial charge in [-0.3, -0.25) is 4.79 Å². The average Bonchev–Trinajstić information content (AvgIpc) is 2.54. The van der Waals surface area contributed by atoms with Gasteiger partial charge in [-0.2, -0.15) is 0 Å². The number of amides is 1. The Labute approximate surface area is 140 Å². The van der Waals surface area contributed by atoms with E-state index in [4.69, 9.17) is 0 Å². The molecule has 2 nitrogen and oxygen atoms in total. The van der Waals surface area contributed by atoms with Gasteiger partial charge in [-0.15, -0.1) is 0 Å². The normalized spacial score (nSPS) is 12.3. The van der Waals surface area contributed by atoms with Crippen molar-refractivity contribution in [3.05, 3.63) is 76.3 Å². The largest absolute Gasteiger partial charge is 0.350 e. The van der Waals surface area contributed by atoms with Gasteiger partial charge < -0.3 is 5.32 Å². The first-order chi connectivity index (χ1) is 10.6. The molecule has 1 N–H and O–H groups in total. The first-order valence-electron chi connectivity index (χ1n) is 7.41. The summed E-state index contributed by atoms with van der Waals surface area (Å²) in [6.45, 7) is 2.00. The van der Waals surface area contributed by atoms with Crippen molar-refractivity contribution < 1.29 is 4.79 Å². The topological polar surface area (TPSA) is 29.1 Å². The van der Waals surface area contributed by atoms with E-state index in [2.05, 4.69) is 21.2 Å². The number of rotatable bonds is 6. The van der Waals surface area contributed by atoms with E-state index in [1.165, 1.54) is 0 Å². The third-order valence-corrected chi connectivity index (χ3v) is 3.92. The molecule has 0 heterocycles. The lowest BCUT2D eigenvalue weighted by molar-refractivity contribution is -0.121. The maximum Gasteiger partial charge on any atom is 0.220 e. The summed E-state index contributed by atoms with van der Waals surface area (Å²) in [6, 6.07) is 18.1. The van der Waals surface area contributed by atoms with Crippen LogP contribution in [0.5, 0.6) is 0 Å². The van der Waals surface area contributed by atoms with Crippen molar-refractivity contribution in [2.45, 2.75) is 25.8 Å². The van der Waals surface area contributed by atoms with Gasteiger partial charge in [-0.05, 0) is 36.6 Å². The Morgan fingerprint density at radius 2 is 1.82 bits per heavy atom. The maximum atomic E-state index is 11.9. The van der Waals surface area contributed by atoms with Crippen molar-refractivity contribution in [1.29, 1.82) is 0 Å². The molecule has 0 aliphatic heterocycles. The first-order valence-corrected chi connectivity index (χ1v) is 8.21. The van der Waals surface area contributed by atoms with Crippen LogP contribution < -0.4 is 5.32 Å². The fourth-order valence-corrected chi connectivity index (χ4v) is 2.41. The zero-order chi connectivity index (χ0) is 15.8. The molecule has 0 aliphatic rings. The van der Waals surface area contributed by atoms with Gasteiger partial charge in [0.2, 0.25) is 5.91 Å². The van der Waals surface area contributed by atoms with E-state index in [0.717, 1.165) is 22.0 Å². The van der Waals surface area contributed by atoms with Crippen LogP contribution in [-0.2, 0) is 4.79 Å². The summed E-state index contributed by atoms with van der Waals surface area (Å²) < 4.78 is 1.07. The second kappa shape index (κ2) is 8.54. The molecule has 22 heavy (non-hydrogen) atoms. The molecule has 0 fully saturated rings. The molecule has 2 aromatic rings.